The van der Waals surface area contributed by atoms with Crippen LogP contribution in [0.2, 0.25) is 0 Å². The maximum absolute atomic E-state index is 6.33. The molecular weight excluding hydrogens is 655 g/mol. The molecule has 0 bridgehead atoms. The Hall–Kier alpha value is -7.16. The second-order valence-corrected chi connectivity index (χ2v) is 13.7. The first-order chi connectivity index (χ1) is 26.8. The monoisotopic (exact) mass is 689 g/mol. The van der Waals surface area contributed by atoms with Crippen LogP contribution in [-0.2, 0) is 0 Å². The Morgan fingerprint density at radius 2 is 0.815 bits per heavy atom. The van der Waals surface area contributed by atoms with Gasteiger partial charge < -0.3 is 9.32 Å². The van der Waals surface area contributed by atoms with E-state index in [4.69, 9.17) is 4.42 Å². The molecule has 0 spiro atoms. The van der Waals surface area contributed by atoms with E-state index in [0.717, 1.165) is 50.1 Å². The van der Waals surface area contributed by atoms with Crippen molar-refractivity contribution in [3.05, 3.63) is 212 Å². The van der Waals surface area contributed by atoms with Crippen LogP contribution < -0.4 is 4.90 Å². The van der Waals surface area contributed by atoms with Gasteiger partial charge >= 0.3 is 0 Å². The predicted octanol–water partition coefficient (Wildman–Crippen LogP) is 14.9. The maximum atomic E-state index is 6.33. The zero-order valence-corrected chi connectivity index (χ0v) is 29.6. The molecule has 10 aromatic rings. The van der Waals surface area contributed by atoms with E-state index in [2.05, 4.69) is 205 Å². The van der Waals surface area contributed by atoms with E-state index in [9.17, 15) is 0 Å². The third kappa shape index (κ3) is 5.71. The number of anilines is 3. The molecule has 1 heterocycles. The fourth-order valence-corrected chi connectivity index (χ4v) is 7.78. The molecule has 9 aromatic carbocycles. The minimum atomic E-state index is 0.887. The summed E-state index contributed by atoms with van der Waals surface area (Å²) in [5.74, 6) is 0. The van der Waals surface area contributed by atoms with Gasteiger partial charge in [-0.2, -0.15) is 0 Å². The highest BCUT2D eigenvalue weighted by Gasteiger charge is 2.20. The van der Waals surface area contributed by atoms with Crippen LogP contribution >= 0.6 is 0 Å². The lowest BCUT2D eigenvalue weighted by Crippen LogP contribution is -2.11. The summed E-state index contributed by atoms with van der Waals surface area (Å²) in [7, 11) is 0. The molecule has 0 aliphatic carbocycles. The van der Waals surface area contributed by atoms with Gasteiger partial charge in [0.25, 0.3) is 0 Å². The fourth-order valence-electron chi connectivity index (χ4n) is 7.78. The number of nitrogens with zero attached hydrogens (tertiary/aromatic N) is 1. The van der Waals surface area contributed by atoms with Crippen molar-refractivity contribution in [2.45, 2.75) is 0 Å². The van der Waals surface area contributed by atoms with Crippen LogP contribution in [0.25, 0.3) is 77.2 Å². The van der Waals surface area contributed by atoms with Gasteiger partial charge in [-0.1, -0.05) is 164 Å². The van der Waals surface area contributed by atoms with Crippen molar-refractivity contribution in [1.29, 1.82) is 0 Å². The molecule has 0 atom stereocenters. The highest BCUT2D eigenvalue weighted by atomic mass is 16.3. The van der Waals surface area contributed by atoms with Crippen LogP contribution in [0.3, 0.4) is 0 Å². The van der Waals surface area contributed by atoms with Crippen molar-refractivity contribution < 1.29 is 4.42 Å². The number of fused-ring (bicyclic) bond motifs is 4. The van der Waals surface area contributed by atoms with Crippen molar-refractivity contribution in [3.63, 3.8) is 0 Å². The normalized spacial score (nSPS) is 11.3. The molecule has 0 aliphatic heterocycles. The standard InChI is InChI=1S/C52H35NO/c1-2-11-36(12-3-1)39-27-31-44(32-28-39)53(49-18-8-6-15-46(49)47-17-10-20-51-52(47)48-16-7-9-19-50(48)54-51)45-33-29-40(30-34-45)38-21-23-41(24-22-38)43-26-25-37-13-4-5-14-42(37)35-43/h1-35H. The van der Waals surface area contributed by atoms with Gasteiger partial charge in [-0.15, -0.1) is 0 Å². The molecule has 0 fully saturated rings. The third-order valence-corrected chi connectivity index (χ3v) is 10.5. The highest BCUT2D eigenvalue weighted by molar-refractivity contribution is 6.13. The Balaban J connectivity index is 1.06. The zero-order valence-electron chi connectivity index (χ0n) is 29.6. The lowest BCUT2D eigenvalue weighted by molar-refractivity contribution is 0.669. The second-order valence-electron chi connectivity index (χ2n) is 13.7. The molecule has 0 aliphatic rings. The Kier molecular flexibility index (Phi) is 7.85. The number of rotatable bonds is 7. The van der Waals surface area contributed by atoms with E-state index in [1.807, 2.05) is 12.1 Å². The van der Waals surface area contributed by atoms with E-state index in [-0.39, 0.29) is 0 Å². The molecule has 0 unspecified atom stereocenters. The second kappa shape index (κ2) is 13.4. The predicted molar refractivity (Wildman–Crippen MR) is 228 cm³/mol. The summed E-state index contributed by atoms with van der Waals surface area (Å²) >= 11 is 0. The van der Waals surface area contributed by atoms with E-state index in [1.165, 1.54) is 44.2 Å². The van der Waals surface area contributed by atoms with E-state index in [0.29, 0.717) is 0 Å². The molecule has 2 heteroatoms. The zero-order chi connectivity index (χ0) is 35.8. The number of furan rings is 1. The molecule has 0 radical (unpaired) electrons. The van der Waals surface area contributed by atoms with Gasteiger partial charge in [0, 0.05) is 27.7 Å². The van der Waals surface area contributed by atoms with Crippen molar-refractivity contribution >= 4 is 49.8 Å². The summed E-state index contributed by atoms with van der Waals surface area (Å²) in [6.45, 7) is 0. The van der Waals surface area contributed by atoms with Crippen molar-refractivity contribution in [2.24, 2.45) is 0 Å². The smallest absolute Gasteiger partial charge is 0.136 e. The Labute approximate surface area is 314 Å². The molecular formula is C52H35NO. The van der Waals surface area contributed by atoms with Crippen LogP contribution in [0.1, 0.15) is 0 Å². The Morgan fingerprint density at radius 3 is 1.54 bits per heavy atom. The van der Waals surface area contributed by atoms with E-state index in [1.54, 1.807) is 0 Å². The fraction of sp³-hybridized carbons (Fsp3) is 0. The molecule has 1 aromatic heterocycles. The summed E-state index contributed by atoms with van der Waals surface area (Å²) < 4.78 is 6.33. The average molecular weight is 690 g/mol. The van der Waals surface area contributed by atoms with Crippen molar-refractivity contribution in [2.75, 3.05) is 4.90 Å². The number of benzene rings is 9. The summed E-state index contributed by atoms with van der Waals surface area (Å²) in [6.07, 6.45) is 0. The average Bonchev–Trinajstić information content (AvgIpc) is 3.64. The van der Waals surface area contributed by atoms with E-state index >= 15 is 0 Å². The molecule has 0 amide bonds. The number of hydrogen-bond donors (Lipinski definition) is 0. The summed E-state index contributed by atoms with van der Waals surface area (Å²) in [4.78, 5) is 2.37. The maximum Gasteiger partial charge on any atom is 0.136 e. The molecule has 0 N–H and O–H groups in total. The van der Waals surface area contributed by atoms with Crippen molar-refractivity contribution in [1.82, 2.24) is 0 Å². The molecule has 10 rings (SSSR count). The van der Waals surface area contributed by atoms with Crippen LogP contribution in [0.5, 0.6) is 0 Å². The third-order valence-electron chi connectivity index (χ3n) is 10.5. The molecule has 0 saturated carbocycles. The topological polar surface area (TPSA) is 16.4 Å². The van der Waals surface area contributed by atoms with Gasteiger partial charge in [-0.3, -0.25) is 0 Å². The van der Waals surface area contributed by atoms with Crippen LogP contribution in [0.4, 0.5) is 17.1 Å². The van der Waals surface area contributed by atoms with Gasteiger partial charge in [-0.05, 0) is 98.2 Å². The summed E-state index contributed by atoms with van der Waals surface area (Å²) in [5, 5.41) is 4.76. The largest absolute Gasteiger partial charge is 0.456 e. The first kappa shape index (κ1) is 31.6. The Morgan fingerprint density at radius 1 is 0.315 bits per heavy atom. The van der Waals surface area contributed by atoms with Gasteiger partial charge in [0.05, 0.1) is 5.69 Å². The van der Waals surface area contributed by atoms with Gasteiger partial charge in [-0.25, -0.2) is 0 Å². The van der Waals surface area contributed by atoms with Gasteiger partial charge in [0.1, 0.15) is 11.2 Å². The van der Waals surface area contributed by atoms with E-state index < -0.39 is 0 Å². The minimum Gasteiger partial charge on any atom is -0.456 e. The lowest BCUT2D eigenvalue weighted by atomic mass is 9.96. The SMILES string of the molecule is c1ccc(-c2ccc(N(c3ccc(-c4ccc(-c5ccc6ccccc6c5)cc4)cc3)c3ccccc3-c3cccc4oc5ccccc5c34)cc2)cc1. The Bertz CT molecular complexity index is 2900. The molecule has 0 saturated heterocycles. The lowest BCUT2D eigenvalue weighted by Gasteiger charge is -2.28. The quantitative estimate of drug-likeness (QED) is 0.166. The van der Waals surface area contributed by atoms with Gasteiger partial charge in [0.15, 0.2) is 0 Å². The van der Waals surface area contributed by atoms with Crippen LogP contribution in [0, 0.1) is 0 Å². The van der Waals surface area contributed by atoms with Gasteiger partial charge in [0.2, 0.25) is 0 Å². The molecule has 254 valence electrons. The minimum absolute atomic E-state index is 0.887. The summed E-state index contributed by atoms with van der Waals surface area (Å²) in [5.41, 5.74) is 14.5. The molecule has 54 heavy (non-hydrogen) atoms. The van der Waals surface area contributed by atoms with Crippen LogP contribution in [0.15, 0.2) is 217 Å². The first-order valence-electron chi connectivity index (χ1n) is 18.4. The number of hydrogen-bond acceptors (Lipinski definition) is 2. The summed E-state index contributed by atoms with van der Waals surface area (Å²) in [6, 6.07) is 75.9. The van der Waals surface area contributed by atoms with Crippen LogP contribution in [-0.4, -0.2) is 0 Å². The molecule has 2 nitrogen and oxygen atoms in total. The highest BCUT2D eigenvalue weighted by Crippen LogP contribution is 2.45. The number of para-hydroxylation sites is 2. The first-order valence-corrected chi connectivity index (χ1v) is 18.4. The van der Waals surface area contributed by atoms with Crippen molar-refractivity contribution in [3.8, 4) is 44.5 Å².